The van der Waals surface area contributed by atoms with E-state index in [-0.39, 0.29) is 0 Å². The van der Waals surface area contributed by atoms with Crippen molar-refractivity contribution >= 4 is 17.3 Å². The number of pyridine rings is 1. The zero-order valence-corrected chi connectivity index (χ0v) is 10.8. The quantitative estimate of drug-likeness (QED) is 0.831. The lowest BCUT2D eigenvalue weighted by Gasteiger charge is -2.10. The van der Waals surface area contributed by atoms with Crippen molar-refractivity contribution in [2.75, 3.05) is 5.32 Å². The molecule has 0 saturated heterocycles. The number of nitrogens with one attached hydrogen (secondary N) is 1. The lowest BCUT2D eigenvalue weighted by atomic mass is 10.0. The van der Waals surface area contributed by atoms with Gasteiger partial charge in [0.2, 0.25) is 0 Å². The van der Waals surface area contributed by atoms with Crippen LogP contribution in [0.2, 0.25) is 5.15 Å². The summed E-state index contributed by atoms with van der Waals surface area (Å²) in [4.78, 5) is 3.98. The summed E-state index contributed by atoms with van der Waals surface area (Å²) in [6, 6.07) is 12.5. The Morgan fingerprint density at radius 1 is 1.22 bits per heavy atom. The minimum absolute atomic E-state index is 0.524. The largest absolute Gasteiger partial charge is 0.381 e. The molecule has 1 aliphatic carbocycles. The van der Waals surface area contributed by atoms with E-state index in [9.17, 15) is 0 Å². The van der Waals surface area contributed by atoms with E-state index in [0.29, 0.717) is 5.15 Å². The van der Waals surface area contributed by atoms with Crippen molar-refractivity contribution in [3.63, 3.8) is 0 Å². The zero-order chi connectivity index (χ0) is 12.4. The molecule has 1 N–H and O–H groups in total. The van der Waals surface area contributed by atoms with Crippen LogP contribution in [0.5, 0.6) is 0 Å². The van der Waals surface area contributed by atoms with E-state index >= 15 is 0 Å². The van der Waals surface area contributed by atoms with E-state index in [1.54, 1.807) is 6.20 Å². The Balaban J connectivity index is 1.73. The van der Waals surface area contributed by atoms with Gasteiger partial charge in [-0.15, -0.1) is 0 Å². The van der Waals surface area contributed by atoms with Crippen LogP contribution in [0, 0.1) is 0 Å². The van der Waals surface area contributed by atoms with Gasteiger partial charge in [0, 0.05) is 18.4 Å². The molecule has 3 heteroatoms. The molecule has 92 valence electrons. The third kappa shape index (κ3) is 2.65. The molecule has 1 fully saturated rings. The molecule has 1 saturated carbocycles. The maximum Gasteiger partial charge on any atom is 0.131 e. The lowest BCUT2D eigenvalue weighted by Crippen LogP contribution is -2.02. The topological polar surface area (TPSA) is 24.9 Å². The highest BCUT2D eigenvalue weighted by Gasteiger charge is 2.25. The number of anilines is 1. The molecular formula is C15H15ClN2. The van der Waals surface area contributed by atoms with E-state index in [4.69, 9.17) is 11.6 Å². The van der Waals surface area contributed by atoms with Crippen LogP contribution in [0.1, 0.15) is 29.9 Å². The number of nitrogens with zero attached hydrogens (tertiary/aromatic N) is 1. The van der Waals surface area contributed by atoms with E-state index in [1.165, 1.54) is 24.0 Å². The van der Waals surface area contributed by atoms with Gasteiger partial charge in [-0.05, 0) is 42.0 Å². The van der Waals surface area contributed by atoms with Crippen LogP contribution in [0.3, 0.4) is 0 Å². The van der Waals surface area contributed by atoms with Crippen molar-refractivity contribution in [2.24, 2.45) is 0 Å². The standard InChI is InChI=1S/C15H15ClN2/c16-15-9-13(7-8-17-15)18-10-12-3-1-2-4-14(12)11-5-6-11/h1-4,7-9,11H,5-6,10H2,(H,17,18). The van der Waals surface area contributed by atoms with Crippen LogP contribution in [0.4, 0.5) is 5.69 Å². The SMILES string of the molecule is Clc1cc(NCc2ccccc2C2CC2)ccn1. The van der Waals surface area contributed by atoms with Gasteiger partial charge < -0.3 is 5.32 Å². The summed E-state index contributed by atoms with van der Waals surface area (Å²) < 4.78 is 0. The molecule has 1 heterocycles. The van der Waals surface area contributed by atoms with E-state index < -0.39 is 0 Å². The number of aromatic nitrogens is 1. The Bertz CT molecular complexity index is 550. The predicted molar refractivity (Wildman–Crippen MR) is 75.0 cm³/mol. The number of halogens is 1. The summed E-state index contributed by atoms with van der Waals surface area (Å²) in [6.45, 7) is 0.840. The number of hydrogen-bond acceptors (Lipinski definition) is 2. The summed E-state index contributed by atoms with van der Waals surface area (Å²) in [5.74, 6) is 0.782. The monoisotopic (exact) mass is 258 g/mol. The second kappa shape index (κ2) is 4.99. The molecule has 0 unspecified atom stereocenters. The second-order valence-electron chi connectivity index (χ2n) is 4.69. The first-order valence-electron chi connectivity index (χ1n) is 6.26. The molecule has 2 nitrogen and oxygen atoms in total. The van der Waals surface area contributed by atoms with Gasteiger partial charge in [0.15, 0.2) is 0 Å². The molecule has 18 heavy (non-hydrogen) atoms. The Kier molecular flexibility index (Phi) is 3.20. The Labute approximate surface area is 112 Å². The molecular weight excluding hydrogens is 244 g/mol. The van der Waals surface area contributed by atoms with Gasteiger partial charge in [0.25, 0.3) is 0 Å². The highest BCUT2D eigenvalue weighted by molar-refractivity contribution is 6.29. The predicted octanol–water partition coefficient (Wildman–Crippen LogP) is 4.22. The van der Waals surface area contributed by atoms with Crippen LogP contribution in [0.15, 0.2) is 42.6 Å². The van der Waals surface area contributed by atoms with E-state index in [2.05, 4.69) is 34.6 Å². The van der Waals surface area contributed by atoms with Crippen LogP contribution in [-0.2, 0) is 6.54 Å². The molecule has 2 aromatic rings. The smallest absolute Gasteiger partial charge is 0.131 e. The minimum Gasteiger partial charge on any atom is -0.381 e. The fraction of sp³-hybridized carbons (Fsp3) is 0.267. The average molecular weight is 259 g/mol. The summed E-state index contributed by atoms with van der Waals surface area (Å²) in [6.07, 6.45) is 4.38. The van der Waals surface area contributed by atoms with Crippen molar-refractivity contribution in [2.45, 2.75) is 25.3 Å². The van der Waals surface area contributed by atoms with Crippen molar-refractivity contribution in [1.82, 2.24) is 4.98 Å². The normalized spacial score (nSPS) is 14.5. The molecule has 0 aliphatic heterocycles. The Morgan fingerprint density at radius 2 is 2.06 bits per heavy atom. The fourth-order valence-corrected chi connectivity index (χ4v) is 2.37. The van der Waals surface area contributed by atoms with Gasteiger partial charge in [-0.2, -0.15) is 0 Å². The Morgan fingerprint density at radius 3 is 2.83 bits per heavy atom. The van der Waals surface area contributed by atoms with Gasteiger partial charge in [0.05, 0.1) is 0 Å². The van der Waals surface area contributed by atoms with Gasteiger partial charge in [-0.1, -0.05) is 35.9 Å². The molecule has 0 atom stereocenters. The highest BCUT2D eigenvalue weighted by atomic mass is 35.5. The van der Waals surface area contributed by atoms with Gasteiger partial charge in [-0.3, -0.25) is 0 Å². The summed E-state index contributed by atoms with van der Waals surface area (Å²) in [5.41, 5.74) is 3.89. The Hall–Kier alpha value is -1.54. The molecule has 1 aliphatic rings. The summed E-state index contributed by atoms with van der Waals surface area (Å²) >= 11 is 5.87. The van der Waals surface area contributed by atoms with Gasteiger partial charge >= 0.3 is 0 Å². The third-order valence-electron chi connectivity index (χ3n) is 3.28. The minimum atomic E-state index is 0.524. The van der Waals surface area contributed by atoms with Crippen LogP contribution >= 0.6 is 11.6 Å². The maximum atomic E-state index is 5.87. The van der Waals surface area contributed by atoms with Crippen molar-refractivity contribution in [3.05, 3.63) is 58.9 Å². The lowest BCUT2D eigenvalue weighted by molar-refractivity contribution is 1.03. The second-order valence-corrected chi connectivity index (χ2v) is 5.08. The highest BCUT2D eigenvalue weighted by Crippen LogP contribution is 2.41. The average Bonchev–Trinajstić information content (AvgIpc) is 3.21. The molecule has 3 rings (SSSR count). The van der Waals surface area contributed by atoms with Crippen molar-refractivity contribution in [1.29, 1.82) is 0 Å². The van der Waals surface area contributed by atoms with Crippen LogP contribution in [0.25, 0.3) is 0 Å². The molecule has 1 aromatic carbocycles. The van der Waals surface area contributed by atoms with Gasteiger partial charge in [-0.25, -0.2) is 4.98 Å². The molecule has 1 aromatic heterocycles. The fourth-order valence-electron chi connectivity index (χ4n) is 2.20. The summed E-state index contributed by atoms with van der Waals surface area (Å²) in [5, 5.41) is 3.92. The molecule has 0 radical (unpaired) electrons. The maximum absolute atomic E-state index is 5.87. The van der Waals surface area contributed by atoms with Crippen molar-refractivity contribution < 1.29 is 0 Å². The van der Waals surface area contributed by atoms with Crippen LogP contribution < -0.4 is 5.32 Å². The van der Waals surface area contributed by atoms with E-state index in [0.717, 1.165) is 18.2 Å². The zero-order valence-electron chi connectivity index (χ0n) is 10.1. The van der Waals surface area contributed by atoms with Gasteiger partial charge in [0.1, 0.15) is 5.15 Å². The molecule has 0 spiro atoms. The first-order chi connectivity index (χ1) is 8.83. The molecule has 0 amide bonds. The first kappa shape index (κ1) is 11.5. The third-order valence-corrected chi connectivity index (χ3v) is 3.49. The first-order valence-corrected chi connectivity index (χ1v) is 6.64. The number of hydrogen-bond donors (Lipinski definition) is 1. The summed E-state index contributed by atoms with van der Waals surface area (Å²) in [7, 11) is 0. The van der Waals surface area contributed by atoms with Crippen LogP contribution in [-0.4, -0.2) is 4.98 Å². The molecule has 0 bridgehead atoms. The number of rotatable bonds is 4. The van der Waals surface area contributed by atoms with E-state index in [1.807, 2.05) is 12.1 Å². The van der Waals surface area contributed by atoms with Crippen molar-refractivity contribution in [3.8, 4) is 0 Å². The number of benzene rings is 1.